The molecule has 1 atom stereocenters. The summed E-state index contributed by atoms with van der Waals surface area (Å²) < 4.78 is 52.0. The van der Waals surface area contributed by atoms with Gasteiger partial charge >= 0.3 is 0 Å². The molecule has 140 valence electrons. The second-order valence-corrected chi connectivity index (χ2v) is 7.99. The first-order valence-electron chi connectivity index (χ1n) is 8.36. The highest BCUT2D eigenvalue weighted by Gasteiger charge is 2.30. The summed E-state index contributed by atoms with van der Waals surface area (Å²) in [4.78, 5) is 4.08. The van der Waals surface area contributed by atoms with E-state index < -0.39 is 15.8 Å². The number of hydrogen-bond acceptors (Lipinski definition) is 5. The van der Waals surface area contributed by atoms with Crippen molar-refractivity contribution in [2.45, 2.75) is 30.4 Å². The fraction of sp³-hybridized carbons (Fsp3) is 0.389. The van der Waals surface area contributed by atoms with Crippen LogP contribution in [0.5, 0.6) is 5.75 Å². The van der Waals surface area contributed by atoms with E-state index in [1.165, 1.54) is 23.5 Å². The van der Waals surface area contributed by atoms with Gasteiger partial charge in [0, 0.05) is 19.3 Å². The molecule has 1 unspecified atom stereocenters. The molecule has 0 spiro atoms. The number of nitrogens with zero attached hydrogens (tertiary/aromatic N) is 2. The lowest BCUT2D eigenvalue weighted by molar-refractivity contribution is 0.0924. The van der Waals surface area contributed by atoms with E-state index in [0.29, 0.717) is 12.3 Å². The van der Waals surface area contributed by atoms with Crippen LogP contribution in [0.3, 0.4) is 0 Å². The first kappa shape index (κ1) is 18.8. The highest BCUT2D eigenvalue weighted by atomic mass is 32.2. The van der Waals surface area contributed by atoms with Gasteiger partial charge in [-0.05, 0) is 43.2 Å². The van der Waals surface area contributed by atoms with Crippen molar-refractivity contribution in [3.63, 3.8) is 0 Å². The van der Waals surface area contributed by atoms with Gasteiger partial charge in [-0.15, -0.1) is 0 Å². The van der Waals surface area contributed by atoms with E-state index in [1.54, 1.807) is 24.4 Å². The number of methoxy groups -OCH3 is 1. The van der Waals surface area contributed by atoms with Crippen LogP contribution in [0.2, 0.25) is 0 Å². The van der Waals surface area contributed by atoms with Gasteiger partial charge in [-0.2, -0.15) is 4.31 Å². The third-order valence-electron chi connectivity index (χ3n) is 4.26. The van der Waals surface area contributed by atoms with E-state index in [1.807, 2.05) is 0 Å². The molecule has 0 radical (unpaired) electrons. The van der Waals surface area contributed by atoms with E-state index >= 15 is 0 Å². The number of pyridine rings is 1. The van der Waals surface area contributed by atoms with Crippen LogP contribution in [-0.4, -0.2) is 44.1 Å². The molecule has 3 rings (SSSR count). The zero-order valence-electron chi connectivity index (χ0n) is 14.5. The molecule has 1 aromatic heterocycles. The lowest BCUT2D eigenvalue weighted by atomic mass is 10.2. The molecule has 0 N–H and O–H groups in total. The smallest absolute Gasteiger partial charge is 0.243 e. The lowest BCUT2D eigenvalue weighted by Crippen LogP contribution is -2.37. The summed E-state index contributed by atoms with van der Waals surface area (Å²) in [6.07, 6.45) is 3.14. The van der Waals surface area contributed by atoms with Gasteiger partial charge in [0.15, 0.2) is 11.6 Å². The Kier molecular flexibility index (Phi) is 5.85. The number of halogens is 1. The molecule has 2 aromatic rings. The Morgan fingerprint density at radius 2 is 2.19 bits per heavy atom. The second kappa shape index (κ2) is 8.11. The van der Waals surface area contributed by atoms with E-state index in [2.05, 4.69) is 4.98 Å². The highest BCUT2D eigenvalue weighted by molar-refractivity contribution is 7.89. The van der Waals surface area contributed by atoms with Crippen LogP contribution in [0, 0.1) is 5.82 Å². The van der Waals surface area contributed by atoms with Crippen molar-refractivity contribution in [2.24, 2.45) is 0 Å². The Morgan fingerprint density at radius 3 is 2.81 bits per heavy atom. The monoisotopic (exact) mass is 380 g/mol. The van der Waals surface area contributed by atoms with Crippen LogP contribution in [0.15, 0.2) is 47.5 Å². The maximum atomic E-state index is 14.0. The molecule has 2 heterocycles. The summed E-state index contributed by atoms with van der Waals surface area (Å²) in [5.41, 5.74) is 0.614. The molecule has 6 nitrogen and oxygen atoms in total. The van der Waals surface area contributed by atoms with Crippen molar-refractivity contribution in [2.75, 3.05) is 20.3 Å². The maximum absolute atomic E-state index is 14.0. The first-order chi connectivity index (χ1) is 12.5. The van der Waals surface area contributed by atoms with Gasteiger partial charge in [-0.1, -0.05) is 6.07 Å². The summed E-state index contributed by atoms with van der Waals surface area (Å²) in [5, 5.41) is 0. The standard InChI is InChI=1S/C18H21FN2O4S/c1-24-18-8-7-16(11-17(18)19)26(22,23)21(13-15-6-4-10-25-15)12-14-5-2-3-9-20-14/h2-3,5,7-9,11,15H,4,6,10,12-13H2,1H3. The third-order valence-corrected chi connectivity index (χ3v) is 6.06. The first-order valence-corrected chi connectivity index (χ1v) is 9.80. The Labute approximate surface area is 152 Å². The summed E-state index contributed by atoms with van der Waals surface area (Å²) in [7, 11) is -2.59. The van der Waals surface area contributed by atoms with Crippen LogP contribution in [0.25, 0.3) is 0 Å². The molecule has 1 aliphatic rings. The van der Waals surface area contributed by atoms with Crippen molar-refractivity contribution in [3.05, 3.63) is 54.1 Å². The minimum absolute atomic E-state index is 0.000600. The maximum Gasteiger partial charge on any atom is 0.243 e. The Hall–Kier alpha value is -2.03. The lowest BCUT2D eigenvalue weighted by Gasteiger charge is -2.24. The molecule has 0 aliphatic carbocycles. The molecule has 8 heteroatoms. The van der Waals surface area contributed by atoms with Crippen LogP contribution in [0.4, 0.5) is 4.39 Å². The summed E-state index contributed by atoms with van der Waals surface area (Å²) in [6, 6.07) is 8.96. The van der Waals surface area contributed by atoms with E-state index in [9.17, 15) is 12.8 Å². The summed E-state index contributed by atoms with van der Waals surface area (Å²) in [6.45, 7) is 0.919. The predicted molar refractivity (Wildman–Crippen MR) is 93.8 cm³/mol. The highest BCUT2D eigenvalue weighted by Crippen LogP contribution is 2.25. The molecule has 1 fully saturated rings. The van der Waals surface area contributed by atoms with Crippen molar-refractivity contribution in [3.8, 4) is 5.75 Å². The number of benzene rings is 1. The number of sulfonamides is 1. The second-order valence-electron chi connectivity index (χ2n) is 6.05. The van der Waals surface area contributed by atoms with Gasteiger partial charge in [0.2, 0.25) is 10.0 Å². The molecule has 0 bridgehead atoms. The summed E-state index contributed by atoms with van der Waals surface area (Å²) in [5.74, 6) is -0.720. The normalized spacial score (nSPS) is 17.6. The van der Waals surface area contributed by atoms with Crippen molar-refractivity contribution in [1.82, 2.24) is 9.29 Å². The number of hydrogen-bond donors (Lipinski definition) is 0. The minimum Gasteiger partial charge on any atom is -0.494 e. The topological polar surface area (TPSA) is 68.7 Å². The third kappa shape index (κ3) is 4.20. The molecule has 0 amide bonds. The Morgan fingerprint density at radius 1 is 1.35 bits per heavy atom. The quantitative estimate of drug-likeness (QED) is 0.739. The van der Waals surface area contributed by atoms with Gasteiger partial charge in [-0.25, -0.2) is 12.8 Å². The van der Waals surface area contributed by atoms with Crippen molar-refractivity contribution >= 4 is 10.0 Å². The average molecular weight is 380 g/mol. The van der Waals surface area contributed by atoms with Crippen molar-refractivity contribution < 1.29 is 22.3 Å². The zero-order chi connectivity index (χ0) is 18.6. The van der Waals surface area contributed by atoms with E-state index in [0.717, 1.165) is 18.9 Å². The molecule has 1 aliphatic heterocycles. The fourth-order valence-corrected chi connectivity index (χ4v) is 4.35. The van der Waals surface area contributed by atoms with Gasteiger partial charge in [0.1, 0.15) is 0 Å². The minimum atomic E-state index is -3.92. The van der Waals surface area contributed by atoms with E-state index in [4.69, 9.17) is 9.47 Å². The van der Waals surface area contributed by atoms with Gasteiger partial charge < -0.3 is 9.47 Å². The zero-order valence-corrected chi connectivity index (χ0v) is 15.3. The van der Waals surface area contributed by atoms with Gasteiger partial charge in [0.25, 0.3) is 0 Å². The van der Waals surface area contributed by atoms with Crippen molar-refractivity contribution in [1.29, 1.82) is 0 Å². The molecule has 0 saturated carbocycles. The van der Waals surface area contributed by atoms with Crippen LogP contribution < -0.4 is 4.74 Å². The average Bonchev–Trinajstić information content (AvgIpc) is 3.15. The SMILES string of the molecule is COc1ccc(S(=O)(=O)N(Cc2ccccn2)CC2CCCO2)cc1F. The van der Waals surface area contributed by atoms with Gasteiger partial charge in [-0.3, -0.25) is 4.98 Å². The largest absolute Gasteiger partial charge is 0.494 e. The predicted octanol–water partition coefficient (Wildman–Crippen LogP) is 2.60. The number of ether oxygens (including phenoxy) is 2. The number of aromatic nitrogens is 1. The molecule has 1 saturated heterocycles. The van der Waals surface area contributed by atoms with E-state index in [-0.39, 0.29) is 29.8 Å². The Bertz CT molecular complexity index is 840. The molecular formula is C18H21FN2O4S. The summed E-state index contributed by atoms with van der Waals surface area (Å²) >= 11 is 0. The number of rotatable bonds is 7. The molecular weight excluding hydrogens is 359 g/mol. The van der Waals surface area contributed by atoms with Crippen LogP contribution in [-0.2, 0) is 21.3 Å². The molecule has 1 aromatic carbocycles. The van der Waals surface area contributed by atoms with Gasteiger partial charge in [0.05, 0.1) is 30.3 Å². The fourth-order valence-electron chi connectivity index (χ4n) is 2.89. The Balaban J connectivity index is 1.91. The van der Waals surface area contributed by atoms with Crippen LogP contribution in [0.1, 0.15) is 18.5 Å². The molecule has 26 heavy (non-hydrogen) atoms. The van der Waals surface area contributed by atoms with Crippen LogP contribution >= 0.6 is 0 Å².